The molecule has 1 rings (SSSR count). The van der Waals surface area contributed by atoms with E-state index in [2.05, 4.69) is 21.6 Å². The Labute approximate surface area is 85.1 Å². The molecule has 0 spiro atoms. The largest absolute Gasteiger partial charge is 0.465 e. The molecule has 0 aromatic carbocycles. The average molecular weight is 206 g/mol. The van der Waals surface area contributed by atoms with Crippen LogP contribution in [0.15, 0.2) is 6.20 Å². The lowest BCUT2D eigenvalue weighted by Crippen LogP contribution is -1.96. The molecule has 0 fully saturated rings. The molecule has 1 aromatic rings. The Morgan fingerprint density at radius 3 is 3.21 bits per heavy atom. The fraction of sp³-hybridized carbons (Fsp3) is 0.222. The number of nitriles is 1. The summed E-state index contributed by atoms with van der Waals surface area (Å²) in [5.41, 5.74) is 0. The summed E-state index contributed by atoms with van der Waals surface area (Å²) in [5, 5.41) is 8.75. The average Bonchev–Trinajstić information content (AvgIpc) is 2.66. The predicted molar refractivity (Wildman–Crippen MR) is 50.6 cm³/mol. The lowest BCUT2D eigenvalue weighted by atomic mass is 10.5. The van der Waals surface area contributed by atoms with E-state index in [4.69, 9.17) is 5.26 Å². The van der Waals surface area contributed by atoms with Crippen molar-refractivity contribution in [2.45, 2.75) is 6.42 Å². The van der Waals surface area contributed by atoms with Gasteiger partial charge in [-0.3, -0.25) is 0 Å². The highest BCUT2D eigenvalue weighted by atomic mass is 32.1. The molecule has 0 saturated heterocycles. The van der Waals surface area contributed by atoms with Crippen LogP contribution in [0.3, 0.4) is 0 Å². The van der Waals surface area contributed by atoms with Gasteiger partial charge in [0.1, 0.15) is 4.88 Å². The molecular weight excluding hydrogens is 200 g/mol. The van der Waals surface area contributed by atoms with Gasteiger partial charge in [-0.25, -0.2) is 9.78 Å². The van der Waals surface area contributed by atoms with E-state index < -0.39 is 5.97 Å². The van der Waals surface area contributed by atoms with Crippen molar-refractivity contribution in [2.75, 3.05) is 7.11 Å². The number of carbonyl (C=O) groups excluding carboxylic acids is 1. The van der Waals surface area contributed by atoms with Crippen LogP contribution in [0.4, 0.5) is 0 Å². The fourth-order valence-corrected chi connectivity index (χ4v) is 1.40. The molecule has 5 heteroatoms. The third kappa shape index (κ3) is 2.58. The number of rotatable bonds is 1. The van der Waals surface area contributed by atoms with Crippen LogP contribution in [-0.2, 0) is 4.74 Å². The highest BCUT2D eigenvalue weighted by Crippen LogP contribution is 2.12. The van der Waals surface area contributed by atoms with Gasteiger partial charge in [-0.05, 0) is 5.92 Å². The molecular formula is C9H6N2O2S. The minimum atomic E-state index is -0.421. The standard InChI is InChI=1S/C9H6N2O2S/c1-13-9(12)7-6-11-8(14-7)4-2-3-5-10/h6H,3H2,1H3. The normalized spacial score (nSPS) is 8.29. The van der Waals surface area contributed by atoms with Crippen LogP contribution in [0.25, 0.3) is 0 Å². The van der Waals surface area contributed by atoms with Crippen molar-refractivity contribution in [3.63, 3.8) is 0 Å². The van der Waals surface area contributed by atoms with E-state index in [1.807, 2.05) is 6.07 Å². The molecule has 0 amide bonds. The molecule has 70 valence electrons. The second kappa shape index (κ2) is 5.00. The lowest BCUT2D eigenvalue weighted by Gasteiger charge is -1.89. The molecule has 4 nitrogen and oxygen atoms in total. The molecule has 0 atom stereocenters. The van der Waals surface area contributed by atoms with Crippen molar-refractivity contribution in [3.8, 4) is 17.9 Å². The van der Waals surface area contributed by atoms with Gasteiger partial charge in [0, 0.05) is 0 Å². The van der Waals surface area contributed by atoms with E-state index in [1.54, 1.807) is 0 Å². The Hall–Kier alpha value is -1.85. The number of aromatic nitrogens is 1. The van der Waals surface area contributed by atoms with Gasteiger partial charge >= 0.3 is 5.97 Å². The number of hydrogen-bond acceptors (Lipinski definition) is 5. The summed E-state index contributed by atoms with van der Waals surface area (Å²) < 4.78 is 4.51. The summed E-state index contributed by atoms with van der Waals surface area (Å²) in [7, 11) is 1.31. The van der Waals surface area contributed by atoms with Crippen LogP contribution in [-0.4, -0.2) is 18.1 Å². The summed E-state index contributed by atoms with van der Waals surface area (Å²) in [6.07, 6.45) is 1.57. The van der Waals surface area contributed by atoms with Gasteiger partial charge in [-0.2, -0.15) is 5.26 Å². The third-order valence-electron chi connectivity index (χ3n) is 1.26. The Morgan fingerprint density at radius 2 is 2.57 bits per heavy atom. The monoisotopic (exact) mass is 206 g/mol. The minimum Gasteiger partial charge on any atom is -0.465 e. The summed E-state index contributed by atoms with van der Waals surface area (Å²) in [4.78, 5) is 15.3. The zero-order chi connectivity index (χ0) is 10.4. The topological polar surface area (TPSA) is 63.0 Å². The van der Waals surface area contributed by atoms with Gasteiger partial charge < -0.3 is 4.74 Å². The van der Waals surface area contributed by atoms with Gasteiger partial charge in [0.05, 0.1) is 25.8 Å². The number of nitrogens with zero attached hydrogens (tertiary/aromatic N) is 2. The van der Waals surface area contributed by atoms with Crippen LogP contribution in [0, 0.1) is 23.2 Å². The summed E-state index contributed by atoms with van der Waals surface area (Å²) in [5.74, 6) is 4.86. The number of ether oxygens (including phenoxy) is 1. The van der Waals surface area contributed by atoms with Gasteiger partial charge in [-0.15, -0.1) is 0 Å². The van der Waals surface area contributed by atoms with Crippen LogP contribution in [0.5, 0.6) is 0 Å². The summed E-state index contributed by atoms with van der Waals surface area (Å²) >= 11 is 1.15. The number of carbonyl (C=O) groups is 1. The molecule has 0 aliphatic rings. The Bertz CT molecular complexity index is 434. The number of esters is 1. The maximum absolute atomic E-state index is 11.0. The van der Waals surface area contributed by atoms with Crippen LogP contribution >= 0.6 is 11.3 Å². The minimum absolute atomic E-state index is 0.160. The first kappa shape index (κ1) is 10.2. The number of methoxy groups -OCH3 is 1. The molecule has 1 aromatic heterocycles. The van der Waals surface area contributed by atoms with Crippen LogP contribution in [0.2, 0.25) is 0 Å². The van der Waals surface area contributed by atoms with Crippen LogP contribution in [0.1, 0.15) is 21.1 Å². The maximum atomic E-state index is 11.0. The van der Waals surface area contributed by atoms with Crippen molar-refractivity contribution < 1.29 is 9.53 Å². The van der Waals surface area contributed by atoms with Crippen molar-refractivity contribution in [1.82, 2.24) is 4.98 Å². The Balaban J connectivity index is 2.76. The molecule has 0 N–H and O–H groups in total. The SMILES string of the molecule is COC(=O)c1cnc(C#CCC#N)s1. The quantitative estimate of drug-likeness (QED) is 0.511. The van der Waals surface area contributed by atoms with E-state index in [0.717, 1.165) is 11.3 Å². The van der Waals surface area contributed by atoms with Gasteiger partial charge in [0.2, 0.25) is 0 Å². The predicted octanol–water partition coefficient (Wildman–Crippen LogP) is 1.19. The molecule has 14 heavy (non-hydrogen) atoms. The summed E-state index contributed by atoms with van der Waals surface area (Å²) in [6.45, 7) is 0. The lowest BCUT2D eigenvalue weighted by molar-refractivity contribution is 0.0606. The molecule has 1 heterocycles. The molecule has 0 saturated carbocycles. The molecule has 0 unspecified atom stereocenters. The summed E-state index contributed by atoms with van der Waals surface area (Å²) in [6, 6.07) is 1.89. The molecule has 0 aliphatic carbocycles. The zero-order valence-electron chi connectivity index (χ0n) is 7.40. The zero-order valence-corrected chi connectivity index (χ0v) is 8.22. The van der Waals surface area contributed by atoms with E-state index in [9.17, 15) is 4.79 Å². The van der Waals surface area contributed by atoms with Crippen LogP contribution < -0.4 is 0 Å². The number of hydrogen-bond donors (Lipinski definition) is 0. The molecule has 0 radical (unpaired) electrons. The van der Waals surface area contributed by atoms with E-state index in [0.29, 0.717) is 9.88 Å². The highest BCUT2D eigenvalue weighted by Gasteiger charge is 2.08. The fourth-order valence-electron chi connectivity index (χ4n) is 0.686. The Kier molecular flexibility index (Phi) is 3.66. The Morgan fingerprint density at radius 1 is 1.79 bits per heavy atom. The van der Waals surface area contributed by atoms with Crippen molar-refractivity contribution in [2.24, 2.45) is 0 Å². The first-order valence-electron chi connectivity index (χ1n) is 3.68. The molecule has 0 aliphatic heterocycles. The van der Waals surface area contributed by atoms with Crippen molar-refractivity contribution in [1.29, 1.82) is 5.26 Å². The van der Waals surface area contributed by atoms with Crippen molar-refractivity contribution >= 4 is 17.3 Å². The van der Waals surface area contributed by atoms with E-state index >= 15 is 0 Å². The molecule has 0 bridgehead atoms. The highest BCUT2D eigenvalue weighted by molar-refractivity contribution is 7.14. The second-order valence-electron chi connectivity index (χ2n) is 2.16. The van der Waals surface area contributed by atoms with E-state index in [1.165, 1.54) is 13.3 Å². The first-order valence-corrected chi connectivity index (χ1v) is 4.49. The second-order valence-corrected chi connectivity index (χ2v) is 3.19. The first-order chi connectivity index (χ1) is 6.77. The number of thiazole rings is 1. The maximum Gasteiger partial charge on any atom is 0.349 e. The third-order valence-corrected chi connectivity index (χ3v) is 2.15. The van der Waals surface area contributed by atoms with Gasteiger partial charge in [-0.1, -0.05) is 17.3 Å². The van der Waals surface area contributed by atoms with Gasteiger partial charge in [0.15, 0.2) is 5.01 Å². The van der Waals surface area contributed by atoms with E-state index in [-0.39, 0.29) is 6.42 Å². The van der Waals surface area contributed by atoms with Crippen molar-refractivity contribution in [3.05, 3.63) is 16.1 Å². The van der Waals surface area contributed by atoms with Gasteiger partial charge in [0.25, 0.3) is 0 Å². The smallest absolute Gasteiger partial charge is 0.349 e.